The van der Waals surface area contributed by atoms with Crippen LogP contribution in [0.4, 0.5) is 4.79 Å². The van der Waals surface area contributed by atoms with Crippen molar-refractivity contribution in [3.8, 4) is 11.5 Å². The molecule has 0 radical (unpaired) electrons. The van der Waals surface area contributed by atoms with Crippen molar-refractivity contribution in [2.45, 2.75) is 44.4 Å². The Kier molecular flexibility index (Phi) is 5.16. The van der Waals surface area contributed by atoms with Crippen molar-refractivity contribution in [2.24, 2.45) is 0 Å². The molecule has 0 unspecified atom stereocenters. The fraction of sp³-hybridized carbons (Fsp3) is 0.556. The van der Waals surface area contributed by atoms with Crippen molar-refractivity contribution in [1.29, 1.82) is 0 Å². The Morgan fingerprint density at radius 1 is 1.37 bits per heavy atom. The molecule has 3 atom stereocenters. The predicted molar refractivity (Wildman–Crippen MR) is 93.7 cm³/mol. The summed E-state index contributed by atoms with van der Waals surface area (Å²) in [6.07, 6.45) is -1.68. The van der Waals surface area contributed by atoms with E-state index in [1.54, 1.807) is 45.1 Å². The lowest BCUT2D eigenvalue weighted by atomic mass is 9.89. The van der Waals surface area contributed by atoms with Gasteiger partial charge < -0.3 is 34.3 Å². The number of amides is 2. The summed E-state index contributed by atoms with van der Waals surface area (Å²) in [6.45, 7) is 4.10. The van der Waals surface area contributed by atoms with Crippen molar-refractivity contribution in [2.75, 3.05) is 20.8 Å². The maximum atomic E-state index is 12.6. The van der Waals surface area contributed by atoms with Crippen molar-refractivity contribution in [3.63, 3.8) is 0 Å². The zero-order chi connectivity index (χ0) is 19.8. The minimum absolute atomic E-state index is 0.259. The summed E-state index contributed by atoms with van der Waals surface area (Å²) in [7, 11) is 3.10. The number of rotatable bonds is 6. The number of likely N-dealkylation sites (tertiary alicyclic amines) is 1. The molecule has 2 amide bonds. The summed E-state index contributed by atoms with van der Waals surface area (Å²) >= 11 is 0. The quantitative estimate of drug-likeness (QED) is 0.714. The molecule has 3 rings (SSSR count). The van der Waals surface area contributed by atoms with Crippen molar-refractivity contribution in [1.82, 2.24) is 10.2 Å². The van der Waals surface area contributed by atoms with Gasteiger partial charge in [-0.25, -0.2) is 4.79 Å². The van der Waals surface area contributed by atoms with Gasteiger partial charge in [0, 0.05) is 18.2 Å². The number of carboxylic acid groups (broad SMARTS) is 1. The lowest BCUT2D eigenvalue weighted by Crippen LogP contribution is -2.74. The van der Waals surface area contributed by atoms with Crippen LogP contribution in [0.1, 0.15) is 19.4 Å². The Labute approximate surface area is 157 Å². The van der Waals surface area contributed by atoms with Gasteiger partial charge in [-0.15, -0.1) is 0 Å². The molecule has 1 aromatic rings. The number of methoxy groups -OCH3 is 2. The molecule has 9 nitrogen and oxygen atoms in total. The van der Waals surface area contributed by atoms with E-state index in [1.165, 1.54) is 0 Å². The second-order valence-corrected chi connectivity index (χ2v) is 6.93. The highest BCUT2D eigenvalue weighted by Gasteiger charge is 2.55. The zero-order valence-corrected chi connectivity index (χ0v) is 15.7. The molecule has 0 aliphatic carbocycles. The molecular weight excluding hydrogens is 356 g/mol. The summed E-state index contributed by atoms with van der Waals surface area (Å²) < 4.78 is 22.1. The maximum absolute atomic E-state index is 12.6. The average Bonchev–Trinajstić information content (AvgIpc) is 2.98. The molecule has 2 aliphatic rings. The minimum Gasteiger partial charge on any atom is -0.497 e. The van der Waals surface area contributed by atoms with Crippen molar-refractivity contribution >= 4 is 12.0 Å². The third-order valence-electron chi connectivity index (χ3n) is 4.78. The van der Waals surface area contributed by atoms with Crippen LogP contribution in [0.2, 0.25) is 0 Å². The van der Waals surface area contributed by atoms with Gasteiger partial charge in [0.05, 0.1) is 26.9 Å². The molecule has 0 aromatic heterocycles. The molecule has 1 aromatic carbocycles. The molecule has 2 saturated heterocycles. The zero-order valence-electron chi connectivity index (χ0n) is 15.7. The first kappa shape index (κ1) is 19.2. The summed E-state index contributed by atoms with van der Waals surface area (Å²) in [6, 6.07) is 3.99. The smallest absolute Gasteiger partial charge is 0.405 e. The van der Waals surface area contributed by atoms with Gasteiger partial charge in [-0.2, -0.15) is 0 Å². The number of β-lactam (4-membered cyclic amide) rings is 1. The number of benzene rings is 1. The van der Waals surface area contributed by atoms with Crippen LogP contribution in [-0.2, 0) is 20.8 Å². The van der Waals surface area contributed by atoms with E-state index in [2.05, 4.69) is 5.32 Å². The normalized spacial score (nSPS) is 26.4. The van der Waals surface area contributed by atoms with Gasteiger partial charge >= 0.3 is 6.09 Å². The second kappa shape index (κ2) is 7.24. The molecule has 148 valence electrons. The SMILES string of the molecule is COc1ccc(CN2C(=O)[C@H](NC(=O)O)[C@@H]2[C@H]2COC(C)(C)O2)c(OC)c1. The fourth-order valence-electron chi connectivity index (χ4n) is 3.50. The van der Waals surface area contributed by atoms with Gasteiger partial charge in [0.25, 0.3) is 0 Å². The Hall–Kier alpha value is -2.52. The van der Waals surface area contributed by atoms with Crippen molar-refractivity contribution < 1.29 is 33.6 Å². The monoisotopic (exact) mass is 380 g/mol. The van der Waals surface area contributed by atoms with E-state index >= 15 is 0 Å². The van der Waals surface area contributed by atoms with Gasteiger partial charge in [0.2, 0.25) is 5.91 Å². The molecule has 2 heterocycles. The molecule has 27 heavy (non-hydrogen) atoms. The van der Waals surface area contributed by atoms with Gasteiger partial charge in [-0.3, -0.25) is 4.79 Å². The molecule has 0 bridgehead atoms. The molecule has 0 saturated carbocycles. The molecular formula is C18H24N2O7. The van der Waals surface area contributed by atoms with Crippen LogP contribution in [0.25, 0.3) is 0 Å². The van der Waals surface area contributed by atoms with Crippen LogP contribution in [0.3, 0.4) is 0 Å². The highest BCUT2D eigenvalue weighted by atomic mass is 16.7. The summed E-state index contributed by atoms with van der Waals surface area (Å²) in [5.41, 5.74) is 0.781. The van der Waals surface area contributed by atoms with E-state index in [0.29, 0.717) is 11.5 Å². The second-order valence-electron chi connectivity index (χ2n) is 6.93. The lowest BCUT2D eigenvalue weighted by Gasteiger charge is -2.49. The Bertz CT molecular complexity index is 736. The van der Waals surface area contributed by atoms with Crippen LogP contribution in [0, 0.1) is 0 Å². The first-order chi connectivity index (χ1) is 12.8. The third-order valence-corrected chi connectivity index (χ3v) is 4.78. The fourth-order valence-corrected chi connectivity index (χ4v) is 3.50. The van der Waals surface area contributed by atoms with Gasteiger partial charge in [-0.1, -0.05) is 0 Å². The van der Waals surface area contributed by atoms with Crippen LogP contribution in [0.5, 0.6) is 11.5 Å². The van der Waals surface area contributed by atoms with Crippen LogP contribution >= 0.6 is 0 Å². The average molecular weight is 380 g/mol. The van der Waals surface area contributed by atoms with Crippen LogP contribution in [0.15, 0.2) is 18.2 Å². The van der Waals surface area contributed by atoms with Gasteiger partial charge in [0.15, 0.2) is 5.79 Å². The number of carbonyl (C=O) groups excluding carboxylic acids is 1. The van der Waals surface area contributed by atoms with Crippen molar-refractivity contribution in [3.05, 3.63) is 23.8 Å². The Morgan fingerprint density at radius 3 is 2.67 bits per heavy atom. The summed E-state index contributed by atoms with van der Waals surface area (Å²) in [4.78, 5) is 25.3. The number of ether oxygens (including phenoxy) is 4. The van der Waals surface area contributed by atoms with E-state index in [1.807, 2.05) is 6.07 Å². The van der Waals surface area contributed by atoms with E-state index in [0.717, 1.165) is 5.56 Å². The minimum atomic E-state index is -1.25. The molecule has 2 fully saturated rings. The molecule has 0 spiro atoms. The molecule has 2 aliphatic heterocycles. The number of hydrogen-bond acceptors (Lipinski definition) is 6. The predicted octanol–water partition coefficient (Wildman–Crippen LogP) is 1.20. The molecule has 9 heteroatoms. The van der Waals surface area contributed by atoms with E-state index in [9.17, 15) is 9.59 Å². The number of nitrogens with zero attached hydrogens (tertiary/aromatic N) is 1. The highest BCUT2D eigenvalue weighted by Crippen LogP contribution is 2.35. The standard InChI is InChI=1S/C18H24N2O7/c1-18(2)26-9-13(27-18)15-14(19-17(22)23)16(21)20(15)8-10-5-6-11(24-3)7-12(10)25-4/h5-7,13-15,19H,8-9H2,1-4H3,(H,22,23)/t13-,14-,15+/m1/s1. The first-order valence-electron chi connectivity index (χ1n) is 8.58. The van der Waals surface area contributed by atoms with Crippen LogP contribution < -0.4 is 14.8 Å². The largest absolute Gasteiger partial charge is 0.497 e. The number of carbonyl (C=O) groups is 2. The van der Waals surface area contributed by atoms with E-state index < -0.39 is 30.1 Å². The topological polar surface area (TPSA) is 107 Å². The third kappa shape index (κ3) is 3.79. The van der Waals surface area contributed by atoms with Gasteiger partial charge in [0.1, 0.15) is 23.6 Å². The summed E-state index contributed by atoms with van der Waals surface area (Å²) in [5.74, 6) is 0.135. The lowest BCUT2D eigenvalue weighted by molar-refractivity contribution is -0.174. The molecule has 2 N–H and O–H groups in total. The van der Waals surface area contributed by atoms with Crippen LogP contribution in [-0.4, -0.2) is 66.8 Å². The Morgan fingerprint density at radius 2 is 2.11 bits per heavy atom. The highest BCUT2D eigenvalue weighted by molar-refractivity contribution is 5.92. The summed E-state index contributed by atoms with van der Waals surface area (Å²) in [5, 5.41) is 11.3. The number of hydrogen-bond donors (Lipinski definition) is 2. The first-order valence-corrected chi connectivity index (χ1v) is 8.58. The Balaban J connectivity index is 1.82. The number of nitrogens with one attached hydrogen (secondary N) is 1. The van der Waals surface area contributed by atoms with E-state index in [4.69, 9.17) is 24.1 Å². The van der Waals surface area contributed by atoms with Gasteiger partial charge in [-0.05, 0) is 26.0 Å². The van der Waals surface area contributed by atoms with E-state index in [-0.39, 0.29) is 19.1 Å². The maximum Gasteiger partial charge on any atom is 0.405 e.